The van der Waals surface area contributed by atoms with Crippen LogP contribution in [-0.4, -0.2) is 26.1 Å². The zero-order valence-electron chi connectivity index (χ0n) is 12.7. The topological polar surface area (TPSA) is 36.4 Å². The van der Waals surface area contributed by atoms with Crippen LogP contribution in [0.25, 0.3) is 0 Å². The van der Waals surface area contributed by atoms with Crippen LogP contribution in [0.15, 0.2) is 29.3 Å². The normalized spacial score (nSPS) is 11.8. The zero-order chi connectivity index (χ0) is 14.3. The molecule has 5 heteroatoms. The van der Waals surface area contributed by atoms with Crippen LogP contribution in [0.1, 0.15) is 32.8 Å². The third kappa shape index (κ3) is 6.31. The van der Waals surface area contributed by atoms with Crippen molar-refractivity contribution in [1.82, 2.24) is 10.6 Å². The Kier molecular flexibility index (Phi) is 9.22. The van der Waals surface area contributed by atoms with E-state index in [-0.39, 0.29) is 29.4 Å². The van der Waals surface area contributed by atoms with Crippen molar-refractivity contribution < 1.29 is 0 Å². The van der Waals surface area contributed by atoms with Gasteiger partial charge < -0.3 is 10.6 Å². The molecule has 0 aromatic heterocycles. The van der Waals surface area contributed by atoms with Crippen LogP contribution in [0.4, 0.5) is 0 Å². The molecule has 0 radical (unpaired) electrons. The quantitative estimate of drug-likeness (QED) is 0.441. The van der Waals surface area contributed by atoms with Crippen LogP contribution in [0.5, 0.6) is 0 Å². The molecular formula is C15H25ClIN3. The van der Waals surface area contributed by atoms with Gasteiger partial charge in [-0.2, -0.15) is 0 Å². The minimum absolute atomic E-state index is 0. The van der Waals surface area contributed by atoms with E-state index in [2.05, 4.69) is 48.5 Å². The second-order valence-corrected chi connectivity index (χ2v) is 5.68. The molecule has 20 heavy (non-hydrogen) atoms. The molecule has 0 fully saturated rings. The summed E-state index contributed by atoms with van der Waals surface area (Å²) in [7, 11) is 1.79. The number of hydrogen-bond acceptors (Lipinski definition) is 1. The van der Waals surface area contributed by atoms with Crippen LogP contribution < -0.4 is 10.6 Å². The van der Waals surface area contributed by atoms with Crippen LogP contribution in [0.2, 0.25) is 5.02 Å². The molecule has 0 aliphatic heterocycles. The molecule has 0 heterocycles. The Hall–Kier alpha value is -0.490. The second kappa shape index (κ2) is 9.45. The smallest absolute Gasteiger partial charge is 0.191 e. The van der Waals surface area contributed by atoms with Crippen molar-refractivity contribution in [3.05, 3.63) is 34.9 Å². The maximum absolute atomic E-state index is 5.92. The number of nitrogens with zero attached hydrogens (tertiary/aromatic N) is 1. The fourth-order valence-electron chi connectivity index (χ4n) is 1.77. The summed E-state index contributed by atoms with van der Waals surface area (Å²) in [6, 6.07) is 8.02. The monoisotopic (exact) mass is 409 g/mol. The first-order valence-corrected chi connectivity index (χ1v) is 7.08. The fourth-order valence-corrected chi connectivity index (χ4v) is 1.90. The van der Waals surface area contributed by atoms with Crippen LogP contribution >= 0.6 is 35.6 Å². The van der Waals surface area contributed by atoms with E-state index in [1.54, 1.807) is 7.05 Å². The van der Waals surface area contributed by atoms with Crippen molar-refractivity contribution in [3.8, 4) is 0 Å². The average Bonchev–Trinajstić information content (AvgIpc) is 2.39. The lowest BCUT2D eigenvalue weighted by atomic mass is 9.85. The largest absolute Gasteiger partial charge is 0.356 e. The van der Waals surface area contributed by atoms with Gasteiger partial charge in [0.2, 0.25) is 0 Å². The van der Waals surface area contributed by atoms with Gasteiger partial charge in [0.1, 0.15) is 0 Å². The second-order valence-electron chi connectivity index (χ2n) is 5.24. The van der Waals surface area contributed by atoms with E-state index in [0.29, 0.717) is 0 Å². The van der Waals surface area contributed by atoms with Crippen molar-refractivity contribution in [2.75, 3.05) is 20.1 Å². The van der Waals surface area contributed by atoms with Crippen molar-refractivity contribution in [1.29, 1.82) is 0 Å². The Balaban J connectivity index is 0.00000361. The minimum atomic E-state index is 0. The van der Waals surface area contributed by atoms with E-state index < -0.39 is 0 Å². The molecule has 0 unspecified atom stereocenters. The van der Waals surface area contributed by atoms with Crippen LogP contribution in [0, 0.1) is 0 Å². The third-order valence-corrected chi connectivity index (χ3v) is 3.34. The first kappa shape index (κ1) is 19.5. The highest BCUT2D eigenvalue weighted by Crippen LogP contribution is 2.23. The molecule has 0 amide bonds. The predicted molar refractivity (Wildman–Crippen MR) is 99.5 cm³/mol. The first-order chi connectivity index (χ1) is 8.99. The van der Waals surface area contributed by atoms with Crippen molar-refractivity contribution in [2.45, 2.75) is 32.6 Å². The fraction of sp³-hybridized carbons (Fsp3) is 0.533. The summed E-state index contributed by atoms with van der Waals surface area (Å²) in [6.07, 6.45) is 1.08. The molecule has 0 aliphatic rings. The van der Waals surface area contributed by atoms with Gasteiger partial charge in [0.25, 0.3) is 0 Å². The highest BCUT2D eigenvalue weighted by molar-refractivity contribution is 14.0. The van der Waals surface area contributed by atoms with Gasteiger partial charge in [-0.05, 0) is 24.1 Å². The highest BCUT2D eigenvalue weighted by Gasteiger charge is 2.20. The van der Waals surface area contributed by atoms with Crippen LogP contribution in [0.3, 0.4) is 0 Å². The third-order valence-electron chi connectivity index (χ3n) is 3.09. The zero-order valence-corrected chi connectivity index (χ0v) is 15.8. The minimum Gasteiger partial charge on any atom is -0.356 e. The van der Waals surface area contributed by atoms with E-state index >= 15 is 0 Å². The average molecular weight is 410 g/mol. The van der Waals surface area contributed by atoms with Crippen molar-refractivity contribution >= 4 is 41.5 Å². The van der Waals surface area contributed by atoms with E-state index in [0.717, 1.165) is 30.5 Å². The summed E-state index contributed by atoms with van der Waals surface area (Å²) in [5.41, 5.74) is 1.28. The van der Waals surface area contributed by atoms with E-state index in [1.165, 1.54) is 5.56 Å². The molecule has 114 valence electrons. The summed E-state index contributed by atoms with van der Waals surface area (Å²) in [5, 5.41) is 7.40. The Morgan fingerprint density at radius 2 is 1.80 bits per heavy atom. The molecule has 1 rings (SSSR count). The number of hydrogen-bond donors (Lipinski definition) is 2. The highest BCUT2D eigenvalue weighted by atomic mass is 127. The summed E-state index contributed by atoms with van der Waals surface area (Å²) >= 11 is 5.92. The van der Waals surface area contributed by atoms with Gasteiger partial charge in [0.05, 0.1) is 0 Å². The number of benzene rings is 1. The van der Waals surface area contributed by atoms with Crippen LogP contribution in [-0.2, 0) is 5.41 Å². The summed E-state index contributed by atoms with van der Waals surface area (Å²) in [4.78, 5) is 4.21. The molecule has 0 spiro atoms. The number of aliphatic imine (C=N–C) groups is 1. The number of nitrogens with one attached hydrogen (secondary N) is 2. The Labute approximate surface area is 144 Å². The predicted octanol–water partition coefficient (Wildman–Crippen LogP) is 3.81. The van der Waals surface area contributed by atoms with E-state index in [9.17, 15) is 0 Å². The molecule has 2 N–H and O–H groups in total. The van der Waals surface area contributed by atoms with Gasteiger partial charge in [-0.15, -0.1) is 24.0 Å². The van der Waals surface area contributed by atoms with Gasteiger partial charge in [0.15, 0.2) is 5.96 Å². The van der Waals surface area contributed by atoms with Gasteiger partial charge in [-0.1, -0.05) is 44.5 Å². The lowest BCUT2D eigenvalue weighted by Crippen LogP contribution is -2.43. The van der Waals surface area contributed by atoms with Gasteiger partial charge in [-0.3, -0.25) is 4.99 Å². The lowest BCUT2D eigenvalue weighted by molar-refractivity contribution is 0.508. The summed E-state index contributed by atoms with van der Waals surface area (Å²) < 4.78 is 0. The Morgan fingerprint density at radius 1 is 1.20 bits per heavy atom. The van der Waals surface area contributed by atoms with Gasteiger partial charge >= 0.3 is 0 Å². The van der Waals surface area contributed by atoms with Crippen molar-refractivity contribution in [3.63, 3.8) is 0 Å². The Morgan fingerprint density at radius 3 is 2.30 bits per heavy atom. The standard InChI is InChI=1S/C15H24ClN3.HI/c1-5-10-18-14(17-4)19-11-15(2,3)12-6-8-13(16)9-7-12;/h6-9H,5,10-11H2,1-4H3,(H2,17,18,19);1H. The maximum Gasteiger partial charge on any atom is 0.191 e. The molecule has 0 aliphatic carbocycles. The van der Waals surface area contributed by atoms with Crippen molar-refractivity contribution in [2.24, 2.45) is 4.99 Å². The molecule has 0 saturated heterocycles. The van der Waals surface area contributed by atoms with Gasteiger partial charge in [-0.25, -0.2) is 0 Å². The Bertz CT molecular complexity index is 416. The molecule has 1 aromatic carbocycles. The number of rotatable bonds is 5. The first-order valence-electron chi connectivity index (χ1n) is 6.70. The molecule has 1 aromatic rings. The molecule has 0 bridgehead atoms. The molecule has 0 saturated carbocycles. The molecule has 3 nitrogen and oxygen atoms in total. The number of guanidine groups is 1. The molecular weight excluding hydrogens is 385 g/mol. The molecule has 0 atom stereocenters. The summed E-state index contributed by atoms with van der Waals surface area (Å²) in [6.45, 7) is 8.30. The lowest BCUT2D eigenvalue weighted by Gasteiger charge is -2.26. The van der Waals surface area contributed by atoms with E-state index in [4.69, 9.17) is 11.6 Å². The van der Waals surface area contributed by atoms with E-state index in [1.807, 2.05) is 12.1 Å². The SMILES string of the molecule is CCCNC(=NC)NCC(C)(C)c1ccc(Cl)cc1.I. The maximum atomic E-state index is 5.92. The summed E-state index contributed by atoms with van der Waals surface area (Å²) in [5.74, 6) is 0.851. The van der Waals surface area contributed by atoms with Gasteiger partial charge in [0, 0.05) is 30.6 Å². The number of halogens is 2.